The lowest BCUT2D eigenvalue weighted by Crippen LogP contribution is -2.42. The molecule has 0 unspecified atom stereocenters. The molecule has 19 heavy (non-hydrogen) atoms. The fraction of sp³-hybridized carbons (Fsp3) is 0.750. The van der Waals surface area contributed by atoms with Crippen molar-refractivity contribution in [3.05, 3.63) is 11.6 Å². The molecule has 0 bridgehead atoms. The zero-order valence-corrected chi connectivity index (χ0v) is 11.5. The number of nitrogens with one attached hydrogen (secondary N) is 1. The molecule has 1 fully saturated rings. The minimum atomic E-state index is -0.184. The zero-order chi connectivity index (χ0) is 13.8. The molecule has 1 N–H and O–H groups in total. The number of aromatic amines is 1. The third-order valence-electron chi connectivity index (χ3n) is 3.19. The van der Waals surface area contributed by atoms with Gasteiger partial charge in [-0.1, -0.05) is 6.92 Å². The average Bonchev–Trinajstić information content (AvgIpc) is 2.84. The first-order valence-electron chi connectivity index (χ1n) is 6.41. The molecule has 2 atom stereocenters. The highest BCUT2D eigenvalue weighted by molar-refractivity contribution is 5.72. The molecule has 1 aliphatic rings. The molecule has 2 rings (SSSR count). The lowest BCUT2D eigenvalue weighted by molar-refractivity contribution is -0.146. The molecule has 1 aromatic rings. The van der Waals surface area contributed by atoms with Gasteiger partial charge in [-0.3, -0.25) is 14.8 Å². The standard InChI is InChI=1S/C12H20N4O3/c1-8(12(17)18-3)6-16-4-5-19-10(7-16)11-13-9(2)14-15-11/h8,10H,4-7H2,1-3H3,(H,13,14,15)/t8-,10+/m0/s1. The summed E-state index contributed by atoms with van der Waals surface area (Å²) in [6.45, 7) is 6.51. The molecular weight excluding hydrogens is 248 g/mol. The maximum Gasteiger partial charge on any atom is 0.309 e. The van der Waals surface area contributed by atoms with Crippen molar-refractivity contribution in [1.29, 1.82) is 0 Å². The van der Waals surface area contributed by atoms with Crippen molar-refractivity contribution in [2.75, 3.05) is 33.4 Å². The SMILES string of the molecule is COC(=O)[C@@H](C)CN1CCO[C@@H](c2n[nH]c(C)n2)C1. The highest BCUT2D eigenvalue weighted by Crippen LogP contribution is 2.19. The van der Waals surface area contributed by atoms with E-state index in [0.29, 0.717) is 25.5 Å². The topological polar surface area (TPSA) is 80.3 Å². The van der Waals surface area contributed by atoms with Crippen LogP contribution in [-0.4, -0.2) is 59.4 Å². The number of hydrogen-bond donors (Lipinski definition) is 1. The second kappa shape index (κ2) is 6.12. The minimum absolute atomic E-state index is 0.136. The van der Waals surface area contributed by atoms with E-state index in [1.54, 1.807) is 0 Å². The van der Waals surface area contributed by atoms with Gasteiger partial charge in [-0.2, -0.15) is 5.10 Å². The zero-order valence-electron chi connectivity index (χ0n) is 11.5. The number of H-pyrrole nitrogens is 1. The van der Waals surface area contributed by atoms with Crippen molar-refractivity contribution in [1.82, 2.24) is 20.1 Å². The van der Waals surface area contributed by atoms with Crippen LogP contribution in [-0.2, 0) is 14.3 Å². The van der Waals surface area contributed by atoms with E-state index in [4.69, 9.17) is 9.47 Å². The number of nitrogens with zero attached hydrogens (tertiary/aromatic N) is 3. The smallest absolute Gasteiger partial charge is 0.309 e. The summed E-state index contributed by atoms with van der Waals surface area (Å²) in [6.07, 6.45) is -0.136. The Bertz CT molecular complexity index is 434. The summed E-state index contributed by atoms with van der Waals surface area (Å²) in [4.78, 5) is 17.9. The number of carbonyl (C=O) groups excluding carboxylic acids is 1. The second-order valence-electron chi connectivity index (χ2n) is 4.82. The van der Waals surface area contributed by atoms with Crippen molar-refractivity contribution in [2.24, 2.45) is 5.92 Å². The Morgan fingerprint density at radius 1 is 1.68 bits per heavy atom. The molecule has 0 amide bonds. The molecule has 0 aliphatic carbocycles. The monoisotopic (exact) mass is 268 g/mol. The highest BCUT2D eigenvalue weighted by Gasteiger charge is 2.27. The highest BCUT2D eigenvalue weighted by atomic mass is 16.5. The molecule has 7 nitrogen and oxygen atoms in total. The number of aryl methyl sites for hydroxylation is 1. The molecule has 1 aliphatic heterocycles. The van der Waals surface area contributed by atoms with Gasteiger partial charge in [-0.25, -0.2) is 4.98 Å². The summed E-state index contributed by atoms with van der Waals surface area (Å²) in [7, 11) is 1.41. The van der Waals surface area contributed by atoms with Crippen LogP contribution in [0.5, 0.6) is 0 Å². The summed E-state index contributed by atoms with van der Waals surface area (Å²) in [5, 5.41) is 6.94. The Labute approximate surface area is 112 Å². The Kier molecular flexibility index (Phi) is 4.49. The molecule has 7 heteroatoms. The van der Waals surface area contributed by atoms with Crippen LogP contribution in [0.25, 0.3) is 0 Å². The second-order valence-corrected chi connectivity index (χ2v) is 4.82. The Morgan fingerprint density at radius 3 is 3.11 bits per heavy atom. The van der Waals surface area contributed by atoms with Gasteiger partial charge >= 0.3 is 5.97 Å². The van der Waals surface area contributed by atoms with Gasteiger partial charge < -0.3 is 9.47 Å². The lowest BCUT2D eigenvalue weighted by atomic mass is 10.1. The number of esters is 1. The largest absolute Gasteiger partial charge is 0.469 e. The van der Waals surface area contributed by atoms with E-state index in [2.05, 4.69) is 20.1 Å². The number of aromatic nitrogens is 3. The van der Waals surface area contributed by atoms with Gasteiger partial charge in [0.2, 0.25) is 0 Å². The number of methoxy groups -OCH3 is 1. The van der Waals surface area contributed by atoms with E-state index < -0.39 is 0 Å². The van der Waals surface area contributed by atoms with Crippen molar-refractivity contribution in [2.45, 2.75) is 20.0 Å². The van der Waals surface area contributed by atoms with Gasteiger partial charge in [0.1, 0.15) is 11.9 Å². The Morgan fingerprint density at radius 2 is 2.47 bits per heavy atom. The summed E-state index contributed by atoms with van der Waals surface area (Å²) in [6, 6.07) is 0. The predicted molar refractivity (Wildman–Crippen MR) is 67.4 cm³/mol. The van der Waals surface area contributed by atoms with Crippen molar-refractivity contribution < 1.29 is 14.3 Å². The summed E-state index contributed by atoms with van der Waals surface area (Å²) >= 11 is 0. The number of carbonyl (C=O) groups is 1. The summed E-state index contributed by atoms with van der Waals surface area (Å²) in [5.74, 6) is 1.13. The average molecular weight is 268 g/mol. The van der Waals surface area contributed by atoms with E-state index in [-0.39, 0.29) is 18.0 Å². The van der Waals surface area contributed by atoms with Gasteiger partial charge in [-0.15, -0.1) is 0 Å². The van der Waals surface area contributed by atoms with E-state index in [0.717, 1.165) is 12.4 Å². The number of hydrogen-bond acceptors (Lipinski definition) is 6. The van der Waals surface area contributed by atoms with E-state index in [1.807, 2.05) is 13.8 Å². The molecular formula is C12H20N4O3. The quantitative estimate of drug-likeness (QED) is 0.791. The van der Waals surface area contributed by atoms with Crippen LogP contribution in [0.4, 0.5) is 0 Å². The third-order valence-corrected chi connectivity index (χ3v) is 3.19. The van der Waals surface area contributed by atoms with Gasteiger partial charge in [0, 0.05) is 19.6 Å². The predicted octanol–water partition coefficient (Wildman–Crippen LogP) is 0.296. The van der Waals surface area contributed by atoms with Crippen LogP contribution in [0, 0.1) is 12.8 Å². The van der Waals surface area contributed by atoms with E-state index in [1.165, 1.54) is 7.11 Å². The fourth-order valence-corrected chi connectivity index (χ4v) is 2.19. The van der Waals surface area contributed by atoms with Crippen LogP contribution < -0.4 is 0 Å². The van der Waals surface area contributed by atoms with Gasteiger partial charge in [0.25, 0.3) is 0 Å². The van der Waals surface area contributed by atoms with Crippen LogP contribution in [0.3, 0.4) is 0 Å². The first-order valence-corrected chi connectivity index (χ1v) is 6.41. The molecule has 0 saturated carbocycles. The van der Waals surface area contributed by atoms with E-state index in [9.17, 15) is 4.79 Å². The lowest BCUT2D eigenvalue weighted by Gasteiger charge is -2.32. The number of rotatable bonds is 4. The molecule has 0 spiro atoms. The molecule has 0 radical (unpaired) electrons. The number of ether oxygens (including phenoxy) is 2. The molecule has 0 aromatic carbocycles. The fourth-order valence-electron chi connectivity index (χ4n) is 2.19. The first-order chi connectivity index (χ1) is 9.10. The van der Waals surface area contributed by atoms with Crippen molar-refractivity contribution >= 4 is 5.97 Å². The maximum absolute atomic E-state index is 11.4. The van der Waals surface area contributed by atoms with E-state index >= 15 is 0 Å². The first kappa shape index (κ1) is 14.0. The van der Waals surface area contributed by atoms with Crippen LogP contribution >= 0.6 is 0 Å². The normalized spacial score (nSPS) is 22.2. The third kappa shape index (κ3) is 3.51. The van der Waals surface area contributed by atoms with Crippen molar-refractivity contribution in [3.8, 4) is 0 Å². The number of morpholine rings is 1. The van der Waals surface area contributed by atoms with Crippen LogP contribution in [0.15, 0.2) is 0 Å². The molecule has 2 heterocycles. The minimum Gasteiger partial charge on any atom is -0.469 e. The Balaban J connectivity index is 1.92. The molecule has 1 saturated heterocycles. The summed E-state index contributed by atoms with van der Waals surface area (Å²) in [5.41, 5.74) is 0. The van der Waals surface area contributed by atoms with Crippen molar-refractivity contribution in [3.63, 3.8) is 0 Å². The Hall–Kier alpha value is -1.47. The summed E-state index contributed by atoms with van der Waals surface area (Å²) < 4.78 is 10.4. The van der Waals surface area contributed by atoms with Gasteiger partial charge in [0.05, 0.1) is 19.6 Å². The maximum atomic E-state index is 11.4. The molecule has 1 aromatic heterocycles. The van der Waals surface area contributed by atoms with Gasteiger partial charge in [0.15, 0.2) is 5.82 Å². The van der Waals surface area contributed by atoms with Crippen LogP contribution in [0.1, 0.15) is 24.7 Å². The van der Waals surface area contributed by atoms with Crippen LogP contribution in [0.2, 0.25) is 0 Å². The molecule has 106 valence electrons. The van der Waals surface area contributed by atoms with Gasteiger partial charge in [-0.05, 0) is 6.92 Å².